The Morgan fingerprint density at radius 3 is 1.52 bits per heavy atom. The standard InChI is InChI=1S/C25H44Cl2/c1-3-21(19-27)17-23-6-10-25(11-7-23)14-12-24(13-15-25)8-4-22(5-9-24)16-20(2)18-26/h20-23H,3-19H2,1-2H3. The van der Waals surface area contributed by atoms with Crippen molar-refractivity contribution in [1.29, 1.82) is 0 Å². The van der Waals surface area contributed by atoms with Gasteiger partial charge in [-0.1, -0.05) is 20.3 Å². The minimum absolute atomic E-state index is 0.710. The van der Waals surface area contributed by atoms with E-state index in [9.17, 15) is 0 Å². The van der Waals surface area contributed by atoms with Gasteiger partial charge in [-0.05, 0) is 124 Å². The van der Waals surface area contributed by atoms with Crippen molar-refractivity contribution in [2.75, 3.05) is 11.8 Å². The monoisotopic (exact) mass is 414 g/mol. The summed E-state index contributed by atoms with van der Waals surface area (Å²) in [6.45, 7) is 4.64. The lowest BCUT2D eigenvalue weighted by Crippen LogP contribution is -2.39. The van der Waals surface area contributed by atoms with Crippen LogP contribution in [-0.2, 0) is 0 Å². The van der Waals surface area contributed by atoms with Crippen molar-refractivity contribution in [3.8, 4) is 0 Å². The van der Waals surface area contributed by atoms with E-state index < -0.39 is 0 Å². The summed E-state index contributed by atoms with van der Waals surface area (Å²) in [6, 6.07) is 0. The lowest BCUT2D eigenvalue weighted by Gasteiger charge is -2.52. The number of hydrogen-bond acceptors (Lipinski definition) is 0. The zero-order valence-electron chi connectivity index (χ0n) is 18.1. The third kappa shape index (κ3) is 5.81. The lowest BCUT2D eigenvalue weighted by molar-refractivity contribution is 0.00138. The molecule has 0 bridgehead atoms. The first-order chi connectivity index (χ1) is 13.0. The highest BCUT2D eigenvalue weighted by Crippen LogP contribution is 2.58. The van der Waals surface area contributed by atoms with Gasteiger partial charge in [-0.2, -0.15) is 0 Å². The first-order valence-corrected chi connectivity index (χ1v) is 13.2. The van der Waals surface area contributed by atoms with Crippen LogP contribution in [0.15, 0.2) is 0 Å². The van der Waals surface area contributed by atoms with E-state index in [0.717, 1.165) is 40.3 Å². The molecule has 0 aromatic heterocycles. The van der Waals surface area contributed by atoms with Crippen LogP contribution in [0, 0.1) is 34.5 Å². The maximum absolute atomic E-state index is 6.15. The summed E-state index contributed by atoms with van der Waals surface area (Å²) < 4.78 is 0. The van der Waals surface area contributed by atoms with Crippen molar-refractivity contribution in [1.82, 2.24) is 0 Å². The zero-order valence-corrected chi connectivity index (χ0v) is 19.6. The fraction of sp³-hybridized carbons (Fsp3) is 1.00. The molecule has 2 atom stereocenters. The largest absolute Gasteiger partial charge is 0.126 e. The SMILES string of the molecule is CCC(CCl)CC1CCC2(CC1)CCC1(CCC(CC(C)CCl)CC1)CC2. The molecule has 0 nitrogen and oxygen atoms in total. The summed E-state index contributed by atoms with van der Waals surface area (Å²) in [5.74, 6) is 5.11. The number of rotatable bonds is 7. The lowest BCUT2D eigenvalue weighted by atomic mass is 9.54. The van der Waals surface area contributed by atoms with Crippen LogP contribution in [0.2, 0.25) is 0 Å². The van der Waals surface area contributed by atoms with Gasteiger partial charge in [-0.3, -0.25) is 0 Å². The van der Waals surface area contributed by atoms with Crippen LogP contribution in [0.5, 0.6) is 0 Å². The van der Waals surface area contributed by atoms with Crippen molar-refractivity contribution in [2.24, 2.45) is 34.5 Å². The molecule has 2 spiro atoms. The van der Waals surface area contributed by atoms with Crippen molar-refractivity contribution in [2.45, 2.75) is 110 Å². The Morgan fingerprint density at radius 2 is 1.15 bits per heavy atom. The topological polar surface area (TPSA) is 0 Å². The molecule has 3 rings (SSSR count). The molecule has 0 saturated heterocycles. The molecule has 3 aliphatic rings. The van der Waals surface area contributed by atoms with Crippen molar-refractivity contribution >= 4 is 23.2 Å². The maximum atomic E-state index is 6.15. The number of alkyl halides is 2. The van der Waals surface area contributed by atoms with Gasteiger partial charge in [-0.15, -0.1) is 23.2 Å². The first kappa shape index (κ1) is 22.3. The maximum Gasteiger partial charge on any atom is 0.0251 e. The predicted molar refractivity (Wildman–Crippen MR) is 121 cm³/mol. The Kier molecular flexibility index (Phi) is 8.30. The minimum Gasteiger partial charge on any atom is -0.126 e. The zero-order chi connectivity index (χ0) is 19.3. The molecule has 0 radical (unpaired) electrons. The Morgan fingerprint density at radius 1 is 0.704 bits per heavy atom. The van der Waals surface area contributed by atoms with E-state index in [1.165, 1.54) is 96.3 Å². The second-order valence-corrected chi connectivity index (χ2v) is 11.7. The van der Waals surface area contributed by atoms with Crippen LogP contribution < -0.4 is 0 Å². The Hall–Kier alpha value is 0.580. The molecular formula is C25H44Cl2. The van der Waals surface area contributed by atoms with Gasteiger partial charge >= 0.3 is 0 Å². The highest BCUT2D eigenvalue weighted by molar-refractivity contribution is 6.18. The van der Waals surface area contributed by atoms with Crippen LogP contribution >= 0.6 is 23.2 Å². The van der Waals surface area contributed by atoms with E-state index in [1.807, 2.05) is 0 Å². The second-order valence-electron chi connectivity index (χ2n) is 11.0. The quantitative estimate of drug-likeness (QED) is 0.364. The molecule has 3 aliphatic carbocycles. The normalized spacial score (nSPS) is 39.6. The smallest absolute Gasteiger partial charge is 0.0251 e. The van der Waals surface area contributed by atoms with Gasteiger partial charge in [0.15, 0.2) is 0 Å². The molecule has 0 aromatic carbocycles. The number of hydrogen-bond donors (Lipinski definition) is 0. The van der Waals surface area contributed by atoms with E-state index in [4.69, 9.17) is 23.2 Å². The summed E-state index contributed by atoms with van der Waals surface area (Å²) in [6.07, 6.45) is 22.2. The molecule has 3 fully saturated rings. The molecule has 2 unspecified atom stereocenters. The van der Waals surface area contributed by atoms with E-state index in [1.54, 1.807) is 0 Å². The van der Waals surface area contributed by atoms with Gasteiger partial charge in [0, 0.05) is 11.8 Å². The number of halogens is 2. The molecule has 0 amide bonds. The third-order valence-electron chi connectivity index (χ3n) is 9.16. The van der Waals surface area contributed by atoms with Gasteiger partial charge in [-0.25, -0.2) is 0 Å². The van der Waals surface area contributed by atoms with E-state index in [0.29, 0.717) is 5.92 Å². The molecule has 0 aromatic rings. The van der Waals surface area contributed by atoms with Gasteiger partial charge in [0.2, 0.25) is 0 Å². The molecule has 0 N–H and O–H groups in total. The fourth-order valence-corrected chi connectivity index (χ4v) is 7.27. The summed E-state index contributed by atoms with van der Waals surface area (Å²) in [4.78, 5) is 0. The summed E-state index contributed by atoms with van der Waals surface area (Å²) in [5.41, 5.74) is 1.46. The summed E-state index contributed by atoms with van der Waals surface area (Å²) >= 11 is 12.2. The van der Waals surface area contributed by atoms with Crippen molar-refractivity contribution in [3.05, 3.63) is 0 Å². The molecule has 3 saturated carbocycles. The highest BCUT2D eigenvalue weighted by atomic mass is 35.5. The average Bonchev–Trinajstić information content (AvgIpc) is 2.72. The van der Waals surface area contributed by atoms with Gasteiger partial charge in [0.25, 0.3) is 0 Å². The molecular weight excluding hydrogens is 371 g/mol. The minimum atomic E-state index is 0.710. The molecule has 0 heterocycles. The van der Waals surface area contributed by atoms with Crippen LogP contribution in [0.4, 0.5) is 0 Å². The van der Waals surface area contributed by atoms with Crippen LogP contribution in [0.3, 0.4) is 0 Å². The Balaban J connectivity index is 1.42. The van der Waals surface area contributed by atoms with Crippen LogP contribution in [0.25, 0.3) is 0 Å². The van der Waals surface area contributed by atoms with Gasteiger partial charge in [0.05, 0.1) is 0 Å². The molecule has 27 heavy (non-hydrogen) atoms. The van der Waals surface area contributed by atoms with Crippen LogP contribution in [-0.4, -0.2) is 11.8 Å². The summed E-state index contributed by atoms with van der Waals surface area (Å²) in [5, 5.41) is 0. The summed E-state index contributed by atoms with van der Waals surface area (Å²) in [7, 11) is 0. The Labute approximate surface area is 179 Å². The van der Waals surface area contributed by atoms with E-state index in [2.05, 4.69) is 13.8 Å². The first-order valence-electron chi connectivity index (χ1n) is 12.1. The van der Waals surface area contributed by atoms with E-state index in [-0.39, 0.29) is 0 Å². The van der Waals surface area contributed by atoms with Crippen molar-refractivity contribution in [3.63, 3.8) is 0 Å². The Bertz CT molecular complexity index is 414. The third-order valence-corrected chi connectivity index (χ3v) is 10.1. The van der Waals surface area contributed by atoms with Crippen molar-refractivity contribution < 1.29 is 0 Å². The van der Waals surface area contributed by atoms with Gasteiger partial charge < -0.3 is 0 Å². The van der Waals surface area contributed by atoms with Crippen LogP contribution in [0.1, 0.15) is 110 Å². The molecule has 2 heteroatoms. The average molecular weight is 416 g/mol. The highest BCUT2D eigenvalue weighted by Gasteiger charge is 2.45. The van der Waals surface area contributed by atoms with E-state index >= 15 is 0 Å². The van der Waals surface area contributed by atoms with Gasteiger partial charge in [0.1, 0.15) is 0 Å². The predicted octanol–water partition coefficient (Wildman–Crippen LogP) is 8.83. The second kappa shape index (κ2) is 10.1. The molecule has 158 valence electrons. The molecule has 0 aliphatic heterocycles. The fourth-order valence-electron chi connectivity index (χ4n) is 6.80.